The van der Waals surface area contributed by atoms with Crippen LogP contribution in [0.3, 0.4) is 0 Å². The summed E-state index contributed by atoms with van der Waals surface area (Å²) in [6.07, 6.45) is 3.77. The van der Waals surface area contributed by atoms with Crippen molar-refractivity contribution in [2.24, 2.45) is 5.92 Å². The second-order valence-corrected chi connectivity index (χ2v) is 4.95. The minimum Gasteiger partial charge on any atom is -0.480 e. The van der Waals surface area contributed by atoms with E-state index >= 15 is 0 Å². The highest BCUT2D eigenvalue weighted by atomic mass is 16.4. The maximum atomic E-state index is 11.0. The molecule has 0 unspecified atom stereocenters. The molecule has 1 aliphatic carbocycles. The number of carboxylic acids is 1. The molecule has 0 aliphatic heterocycles. The lowest BCUT2D eigenvalue weighted by Gasteiger charge is -2.23. The summed E-state index contributed by atoms with van der Waals surface area (Å²) in [6.45, 7) is 2.58. The maximum Gasteiger partial charge on any atom is 0.323 e. The number of aromatic nitrogens is 4. The summed E-state index contributed by atoms with van der Waals surface area (Å²) in [5.41, 5.74) is 0.807. The standard InChI is InChI=1S/C12H15N5O2/c1-8-4-10(17-12(15-8)13-7-14-17)16(6-11(18)19)5-9-2-3-9/h4,7,9H,2-3,5-6H2,1H3,(H,18,19). The number of aliphatic carboxylic acids is 1. The van der Waals surface area contributed by atoms with Crippen LogP contribution in [-0.2, 0) is 4.79 Å². The number of aryl methyl sites for hydroxylation is 1. The lowest BCUT2D eigenvalue weighted by atomic mass is 10.3. The molecule has 7 nitrogen and oxygen atoms in total. The van der Waals surface area contributed by atoms with Crippen molar-refractivity contribution in [2.75, 3.05) is 18.0 Å². The van der Waals surface area contributed by atoms with Crippen LogP contribution in [-0.4, -0.2) is 43.7 Å². The van der Waals surface area contributed by atoms with Crippen molar-refractivity contribution in [3.8, 4) is 0 Å². The number of hydrogen-bond donors (Lipinski definition) is 1. The van der Waals surface area contributed by atoms with Gasteiger partial charge < -0.3 is 10.0 Å². The van der Waals surface area contributed by atoms with E-state index in [1.54, 1.807) is 4.52 Å². The van der Waals surface area contributed by atoms with Crippen molar-refractivity contribution < 1.29 is 9.90 Å². The Morgan fingerprint density at radius 2 is 2.37 bits per heavy atom. The topological polar surface area (TPSA) is 83.6 Å². The average Bonchev–Trinajstić information content (AvgIpc) is 3.02. The fourth-order valence-electron chi connectivity index (χ4n) is 2.15. The number of carboxylic acid groups (broad SMARTS) is 1. The molecule has 0 aromatic carbocycles. The van der Waals surface area contributed by atoms with Crippen molar-refractivity contribution in [1.29, 1.82) is 0 Å². The first-order valence-electron chi connectivity index (χ1n) is 6.27. The minimum absolute atomic E-state index is 0.0328. The third-order valence-electron chi connectivity index (χ3n) is 3.19. The van der Waals surface area contributed by atoms with Gasteiger partial charge >= 0.3 is 5.97 Å². The Kier molecular flexibility index (Phi) is 2.81. The van der Waals surface area contributed by atoms with Gasteiger partial charge in [-0.05, 0) is 25.7 Å². The summed E-state index contributed by atoms with van der Waals surface area (Å²) >= 11 is 0. The molecule has 2 aromatic heterocycles. The normalized spacial score (nSPS) is 14.8. The van der Waals surface area contributed by atoms with Crippen molar-refractivity contribution >= 4 is 17.6 Å². The SMILES string of the molecule is Cc1cc(N(CC(=O)O)CC2CC2)n2ncnc2n1. The molecule has 2 aromatic rings. The fraction of sp³-hybridized carbons (Fsp3) is 0.500. The van der Waals surface area contributed by atoms with Gasteiger partial charge in [0.15, 0.2) is 0 Å². The average molecular weight is 261 g/mol. The van der Waals surface area contributed by atoms with Crippen LogP contribution in [0.1, 0.15) is 18.5 Å². The highest BCUT2D eigenvalue weighted by Crippen LogP contribution is 2.31. The van der Waals surface area contributed by atoms with Gasteiger partial charge in [0.05, 0.1) is 0 Å². The zero-order valence-corrected chi connectivity index (χ0v) is 10.7. The molecular weight excluding hydrogens is 246 g/mol. The van der Waals surface area contributed by atoms with Gasteiger partial charge in [-0.1, -0.05) is 0 Å². The Morgan fingerprint density at radius 1 is 1.58 bits per heavy atom. The first-order chi connectivity index (χ1) is 9.13. The van der Waals surface area contributed by atoms with Gasteiger partial charge in [0, 0.05) is 18.3 Å². The zero-order valence-electron chi connectivity index (χ0n) is 10.7. The molecule has 0 saturated heterocycles. The molecule has 0 bridgehead atoms. The van der Waals surface area contributed by atoms with E-state index in [0.29, 0.717) is 11.7 Å². The Balaban J connectivity index is 2.01. The van der Waals surface area contributed by atoms with E-state index in [4.69, 9.17) is 5.11 Å². The van der Waals surface area contributed by atoms with Crippen LogP contribution in [0.15, 0.2) is 12.4 Å². The summed E-state index contributed by atoms with van der Waals surface area (Å²) < 4.78 is 1.60. The van der Waals surface area contributed by atoms with Gasteiger partial charge in [0.2, 0.25) is 0 Å². The first-order valence-corrected chi connectivity index (χ1v) is 6.27. The van der Waals surface area contributed by atoms with E-state index in [1.807, 2.05) is 17.9 Å². The van der Waals surface area contributed by atoms with E-state index in [1.165, 1.54) is 19.2 Å². The van der Waals surface area contributed by atoms with E-state index in [-0.39, 0.29) is 6.54 Å². The molecular formula is C12H15N5O2. The molecule has 3 rings (SSSR count). The Labute approximate surface area is 109 Å². The highest BCUT2D eigenvalue weighted by molar-refractivity contribution is 5.73. The molecule has 0 radical (unpaired) electrons. The maximum absolute atomic E-state index is 11.0. The molecule has 0 amide bonds. The quantitative estimate of drug-likeness (QED) is 0.854. The van der Waals surface area contributed by atoms with Crippen LogP contribution in [0.5, 0.6) is 0 Å². The molecule has 1 N–H and O–H groups in total. The van der Waals surface area contributed by atoms with E-state index < -0.39 is 5.97 Å². The van der Waals surface area contributed by atoms with Crippen LogP contribution in [0.4, 0.5) is 5.82 Å². The Bertz CT molecular complexity index is 620. The number of nitrogens with zero attached hydrogens (tertiary/aromatic N) is 5. The molecule has 0 spiro atoms. The summed E-state index contributed by atoms with van der Waals surface area (Å²) in [5.74, 6) is 0.991. The van der Waals surface area contributed by atoms with Crippen LogP contribution >= 0.6 is 0 Å². The predicted molar refractivity (Wildman–Crippen MR) is 68.1 cm³/mol. The van der Waals surface area contributed by atoms with Crippen molar-refractivity contribution in [3.63, 3.8) is 0 Å². The number of rotatable bonds is 5. The van der Waals surface area contributed by atoms with E-state index in [9.17, 15) is 4.79 Å². The predicted octanol–water partition coefficient (Wildman–Crippen LogP) is 0.734. The number of anilines is 1. The summed E-state index contributed by atoms with van der Waals surface area (Å²) in [6, 6.07) is 1.85. The third-order valence-corrected chi connectivity index (χ3v) is 3.19. The van der Waals surface area contributed by atoms with Crippen molar-refractivity contribution in [2.45, 2.75) is 19.8 Å². The third kappa shape index (κ3) is 2.49. The first kappa shape index (κ1) is 11.9. The molecule has 19 heavy (non-hydrogen) atoms. The van der Waals surface area contributed by atoms with Crippen LogP contribution in [0.25, 0.3) is 5.78 Å². The van der Waals surface area contributed by atoms with Gasteiger partial charge in [-0.25, -0.2) is 4.98 Å². The molecule has 1 fully saturated rings. The van der Waals surface area contributed by atoms with Gasteiger partial charge in [0.1, 0.15) is 18.7 Å². The Hall–Kier alpha value is -2.18. The van der Waals surface area contributed by atoms with Gasteiger partial charge in [0.25, 0.3) is 5.78 Å². The van der Waals surface area contributed by atoms with Gasteiger partial charge in [-0.2, -0.15) is 14.6 Å². The summed E-state index contributed by atoms with van der Waals surface area (Å²) in [7, 11) is 0. The number of carbonyl (C=O) groups is 1. The lowest BCUT2D eigenvalue weighted by molar-refractivity contribution is -0.135. The Morgan fingerprint density at radius 3 is 3.05 bits per heavy atom. The van der Waals surface area contributed by atoms with Crippen LogP contribution in [0, 0.1) is 12.8 Å². The summed E-state index contributed by atoms with van der Waals surface area (Å²) in [5, 5.41) is 13.2. The molecule has 7 heteroatoms. The van der Waals surface area contributed by atoms with Crippen LogP contribution < -0.4 is 4.90 Å². The molecule has 2 heterocycles. The van der Waals surface area contributed by atoms with Gasteiger partial charge in [-0.3, -0.25) is 4.79 Å². The molecule has 1 aliphatic rings. The molecule has 100 valence electrons. The fourth-order valence-corrected chi connectivity index (χ4v) is 2.15. The van der Waals surface area contributed by atoms with Crippen molar-refractivity contribution in [1.82, 2.24) is 19.6 Å². The smallest absolute Gasteiger partial charge is 0.323 e. The zero-order chi connectivity index (χ0) is 13.4. The van der Waals surface area contributed by atoms with Crippen LogP contribution in [0.2, 0.25) is 0 Å². The second kappa shape index (κ2) is 4.49. The number of fused-ring (bicyclic) bond motifs is 1. The molecule has 0 atom stereocenters. The minimum atomic E-state index is -0.844. The molecule has 1 saturated carbocycles. The highest BCUT2D eigenvalue weighted by Gasteiger charge is 2.27. The largest absolute Gasteiger partial charge is 0.480 e. The van der Waals surface area contributed by atoms with Crippen molar-refractivity contribution in [3.05, 3.63) is 18.1 Å². The van der Waals surface area contributed by atoms with E-state index in [0.717, 1.165) is 18.1 Å². The number of hydrogen-bond acceptors (Lipinski definition) is 5. The monoisotopic (exact) mass is 261 g/mol. The summed E-state index contributed by atoms with van der Waals surface area (Å²) in [4.78, 5) is 21.2. The lowest BCUT2D eigenvalue weighted by Crippen LogP contribution is -2.33. The van der Waals surface area contributed by atoms with E-state index in [2.05, 4.69) is 15.1 Å². The second-order valence-electron chi connectivity index (χ2n) is 4.95. The van der Waals surface area contributed by atoms with Gasteiger partial charge in [-0.15, -0.1) is 0 Å².